The first-order valence-electron chi connectivity index (χ1n) is 5.27. The molecule has 0 spiro atoms. The van der Waals surface area contributed by atoms with Crippen LogP contribution in [0.25, 0.3) is 0 Å². The fraction of sp³-hybridized carbons (Fsp3) is 0.182. The zero-order chi connectivity index (χ0) is 13.1. The molecular formula is C11H12N6O. The number of nitrogens with zero attached hydrogens (tertiary/aromatic N) is 4. The van der Waals surface area contributed by atoms with Crippen molar-refractivity contribution in [3.05, 3.63) is 35.3 Å². The highest BCUT2D eigenvalue weighted by Gasteiger charge is 2.09. The van der Waals surface area contributed by atoms with Crippen LogP contribution in [0.15, 0.2) is 18.3 Å². The minimum atomic E-state index is -0.353. The third-order valence-electron chi connectivity index (χ3n) is 2.36. The quantitative estimate of drug-likeness (QED) is 0.806. The molecule has 92 valence electrons. The Balaban J connectivity index is 2.18. The molecule has 7 nitrogen and oxygen atoms in total. The highest BCUT2D eigenvalue weighted by Crippen LogP contribution is 2.07. The van der Waals surface area contributed by atoms with E-state index in [0.717, 1.165) is 11.4 Å². The van der Waals surface area contributed by atoms with Gasteiger partial charge in [-0.25, -0.2) is 9.97 Å². The van der Waals surface area contributed by atoms with Gasteiger partial charge in [-0.15, -0.1) is 5.10 Å². The number of hydrogen-bond donors (Lipinski definition) is 2. The van der Waals surface area contributed by atoms with Gasteiger partial charge in [0.2, 0.25) is 5.95 Å². The predicted octanol–water partition coefficient (Wildman–Crippen LogP) is 0.718. The molecule has 7 heteroatoms. The van der Waals surface area contributed by atoms with Crippen LogP contribution in [0.2, 0.25) is 0 Å². The summed E-state index contributed by atoms with van der Waals surface area (Å²) in [5.41, 5.74) is 7.33. The molecule has 2 heterocycles. The number of pyridine rings is 1. The molecule has 0 aliphatic carbocycles. The first-order valence-corrected chi connectivity index (χ1v) is 5.27. The van der Waals surface area contributed by atoms with E-state index in [0.29, 0.717) is 5.56 Å². The van der Waals surface area contributed by atoms with Gasteiger partial charge in [0.25, 0.3) is 5.91 Å². The van der Waals surface area contributed by atoms with Crippen molar-refractivity contribution in [3.63, 3.8) is 0 Å². The molecule has 0 aliphatic rings. The van der Waals surface area contributed by atoms with Crippen LogP contribution in [-0.4, -0.2) is 26.1 Å². The van der Waals surface area contributed by atoms with Crippen molar-refractivity contribution in [2.75, 3.05) is 11.1 Å². The molecule has 0 bridgehead atoms. The lowest BCUT2D eigenvalue weighted by Crippen LogP contribution is -2.16. The number of nitrogens with one attached hydrogen (secondary N) is 1. The molecule has 0 saturated heterocycles. The summed E-state index contributed by atoms with van der Waals surface area (Å²) in [6, 6.07) is 3.03. The molecule has 18 heavy (non-hydrogen) atoms. The fourth-order valence-electron chi connectivity index (χ4n) is 1.27. The second kappa shape index (κ2) is 4.74. The standard InChI is InChI=1S/C11H12N6O/c1-6-7(2)16-17-11(14-6)15-10(18)8-3-4-13-9(12)5-8/h3-5H,1-2H3,(H2,12,13)(H,14,15,17,18). The molecule has 0 unspecified atom stereocenters. The number of carbonyl (C=O) groups excluding carboxylic acids is 1. The van der Waals surface area contributed by atoms with Crippen LogP contribution in [0.4, 0.5) is 11.8 Å². The number of aromatic nitrogens is 4. The van der Waals surface area contributed by atoms with E-state index in [9.17, 15) is 4.79 Å². The molecule has 3 N–H and O–H groups in total. The number of aryl methyl sites for hydroxylation is 2. The lowest BCUT2D eigenvalue weighted by Gasteiger charge is -2.04. The maximum Gasteiger partial charge on any atom is 0.258 e. The molecule has 0 saturated carbocycles. The number of nitrogens with two attached hydrogens (primary N) is 1. The molecule has 2 aromatic rings. The predicted molar refractivity (Wildman–Crippen MR) is 65.9 cm³/mol. The van der Waals surface area contributed by atoms with E-state index in [2.05, 4.69) is 25.5 Å². The van der Waals surface area contributed by atoms with Crippen LogP contribution in [0.3, 0.4) is 0 Å². The number of hydrogen-bond acceptors (Lipinski definition) is 6. The zero-order valence-electron chi connectivity index (χ0n) is 10.0. The zero-order valence-corrected chi connectivity index (χ0v) is 10.0. The van der Waals surface area contributed by atoms with Crippen molar-refractivity contribution >= 4 is 17.7 Å². The Morgan fingerprint density at radius 1 is 1.28 bits per heavy atom. The van der Waals surface area contributed by atoms with Crippen molar-refractivity contribution in [2.24, 2.45) is 0 Å². The van der Waals surface area contributed by atoms with Crippen LogP contribution in [0.5, 0.6) is 0 Å². The smallest absolute Gasteiger partial charge is 0.258 e. The second-order valence-electron chi connectivity index (χ2n) is 3.73. The van der Waals surface area contributed by atoms with Gasteiger partial charge in [0.15, 0.2) is 0 Å². The summed E-state index contributed by atoms with van der Waals surface area (Å²) in [4.78, 5) is 19.8. The molecule has 0 aliphatic heterocycles. The summed E-state index contributed by atoms with van der Waals surface area (Å²) in [5.74, 6) is 0.0921. The van der Waals surface area contributed by atoms with Crippen molar-refractivity contribution < 1.29 is 4.79 Å². The van der Waals surface area contributed by atoms with Crippen LogP contribution in [0.1, 0.15) is 21.7 Å². The van der Waals surface area contributed by atoms with E-state index < -0.39 is 0 Å². The molecule has 2 rings (SSSR count). The molecule has 0 fully saturated rings. The molecule has 0 atom stereocenters. The molecule has 1 amide bonds. The van der Waals surface area contributed by atoms with Gasteiger partial charge in [0.1, 0.15) is 5.82 Å². The van der Waals surface area contributed by atoms with Gasteiger partial charge in [-0.3, -0.25) is 10.1 Å². The van der Waals surface area contributed by atoms with E-state index in [-0.39, 0.29) is 17.7 Å². The van der Waals surface area contributed by atoms with Crippen LogP contribution >= 0.6 is 0 Å². The normalized spacial score (nSPS) is 10.1. The summed E-state index contributed by atoms with van der Waals surface area (Å²) in [6.07, 6.45) is 1.46. The average Bonchev–Trinajstić information content (AvgIpc) is 2.34. The average molecular weight is 244 g/mol. The van der Waals surface area contributed by atoms with Gasteiger partial charge in [-0.05, 0) is 26.0 Å². The van der Waals surface area contributed by atoms with Gasteiger partial charge in [0.05, 0.1) is 11.4 Å². The van der Waals surface area contributed by atoms with Crippen LogP contribution in [0, 0.1) is 13.8 Å². The lowest BCUT2D eigenvalue weighted by atomic mass is 10.2. The highest BCUT2D eigenvalue weighted by atomic mass is 16.1. The minimum Gasteiger partial charge on any atom is -0.384 e. The first-order chi connectivity index (χ1) is 8.56. The third kappa shape index (κ3) is 2.57. The third-order valence-corrected chi connectivity index (χ3v) is 2.36. The Kier molecular flexibility index (Phi) is 3.13. The number of nitrogen functional groups attached to an aromatic ring is 1. The minimum absolute atomic E-state index is 0.165. The number of rotatable bonds is 2. The summed E-state index contributed by atoms with van der Waals surface area (Å²) in [6.45, 7) is 3.59. The first kappa shape index (κ1) is 11.9. The van der Waals surface area contributed by atoms with Crippen molar-refractivity contribution in [1.82, 2.24) is 20.2 Å². The van der Waals surface area contributed by atoms with Crippen LogP contribution in [-0.2, 0) is 0 Å². The van der Waals surface area contributed by atoms with Crippen molar-refractivity contribution in [3.8, 4) is 0 Å². The Morgan fingerprint density at radius 2 is 2.06 bits per heavy atom. The van der Waals surface area contributed by atoms with E-state index >= 15 is 0 Å². The Labute approximate surface area is 103 Å². The van der Waals surface area contributed by atoms with E-state index in [1.807, 2.05) is 0 Å². The Morgan fingerprint density at radius 3 is 2.72 bits per heavy atom. The summed E-state index contributed by atoms with van der Waals surface area (Å²) in [5, 5.41) is 10.2. The topological polar surface area (TPSA) is 107 Å². The molecule has 0 aromatic carbocycles. The maximum absolute atomic E-state index is 11.9. The van der Waals surface area contributed by atoms with Crippen molar-refractivity contribution in [2.45, 2.75) is 13.8 Å². The lowest BCUT2D eigenvalue weighted by molar-refractivity contribution is 0.102. The molecule has 0 radical (unpaired) electrons. The highest BCUT2D eigenvalue weighted by molar-refractivity contribution is 6.03. The second-order valence-corrected chi connectivity index (χ2v) is 3.73. The maximum atomic E-state index is 11.9. The largest absolute Gasteiger partial charge is 0.384 e. The Hall–Kier alpha value is -2.57. The summed E-state index contributed by atoms with van der Waals surface area (Å²) >= 11 is 0. The Bertz CT molecular complexity index is 598. The fourth-order valence-corrected chi connectivity index (χ4v) is 1.27. The number of anilines is 2. The van der Waals surface area contributed by atoms with E-state index in [1.165, 1.54) is 12.3 Å². The molecular weight excluding hydrogens is 232 g/mol. The number of carbonyl (C=O) groups is 1. The summed E-state index contributed by atoms with van der Waals surface area (Å²) in [7, 11) is 0. The number of amides is 1. The van der Waals surface area contributed by atoms with Crippen LogP contribution < -0.4 is 11.1 Å². The van der Waals surface area contributed by atoms with E-state index in [4.69, 9.17) is 5.73 Å². The van der Waals surface area contributed by atoms with Gasteiger partial charge in [0, 0.05) is 11.8 Å². The molecule has 2 aromatic heterocycles. The van der Waals surface area contributed by atoms with Gasteiger partial charge < -0.3 is 5.73 Å². The van der Waals surface area contributed by atoms with Gasteiger partial charge in [-0.1, -0.05) is 0 Å². The summed E-state index contributed by atoms with van der Waals surface area (Å²) < 4.78 is 0. The van der Waals surface area contributed by atoms with E-state index in [1.54, 1.807) is 19.9 Å². The SMILES string of the molecule is Cc1nnc(NC(=O)c2ccnc(N)c2)nc1C. The van der Waals surface area contributed by atoms with Crippen molar-refractivity contribution in [1.29, 1.82) is 0 Å². The van der Waals surface area contributed by atoms with Gasteiger partial charge >= 0.3 is 0 Å². The van der Waals surface area contributed by atoms with Gasteiger partial charge in [-0.2, -0.15) is 5.10 Å². The monoisotopic (exact) mass is 244 g/mol.